The van der Waals surface area contributed by atoms with Crippen LogP contribution in [0.25, 0.3) is 0 Å². The molecule has 84 valence electrons. The Kier molecular flexibility index (Phi) is 3.42. The summed E-state index contributed by atoms with van der Waals surface area (Å²) in [6, 6.07) is 2.57. The summed E-state index contributed by atoms with van der Waals surface area (Å²) in [5, 5.41) is 0. The van der Waals surface area contributed by atoms with Crippen LogP contribution in [0.4, 0.5) is 8.78 Å². The van der Waals surface area contributed by atoms with Crippen LogP contribution in [0.1, 0.15) is 25.0 Å². The Morgan fingerprint density at radius 1 is 1.33 bits per heavy atom. The molecule has 2 nitrogen and oxygen atoms in total. The molecule has 0 fully saturated rings. The molecule has 0 unspecified atom stereocenters. The van der Waals surface area contributed by atoms with Crippen LogP contribution in [0.2, 0.25) is 0 Å². The predicted octanol–water partition coefficient (Wildman–Crippen LogP) is 2.31. The van der Waals surface area contributed by atoms with Gasteiger partial charge in [-0.25, -0.2) is 8.78 Å². The SMILES string of the molecule is COCc1ccc(F)c(C(C)(C)N)c1F. The maximum Gasteiger partial charge on any atom is 0.136 e. The van der Waals surface area contributed by atoms with Crippen molar-refractivity contribution in [3.8, 4) is 0 Å². The predicted molar refractivity (Wildman–Crippen MR) is 54.3 cm³/mol. The molecule has 1 rings (SSSR count). The molecule has 0 amide bonds. The first-order valence-electron chi connectivity index (χ1n) is 4.63. The average molecular weight is 215 g/mol. The van der Waals surface area contributed by atoms with Gasteiger partial charge in [0.25, 0.3) is 0 Å². The van der Waals surface area contributed by atoms with E-state index in [0.29, 0.717) is 5.56 Å². The van der Waals surface area contributed by atoms with E-state index in [0.717, 1.165) is 0 Å². The third-order valence-electron chi connectivity index (χ3n) is 2.12. The number of hydrogen-bond donors (Lipinski definition) is 1. The van der Waals surface area contributed by atoms with E-state index in [1.165, 1.54) is 19.2 Å². The number of rotatable bonds is 3. The maximum absolute atomic E-state index is 13.8. The van der Waals surface area contributed by atoms with Crippen LogP contribution in [0.5, 0.6) is 0 Å². The minimum absolute atomic E-state index is 0.1000. The summed E-state index contributed by atoms with van der Waals surface area (Å²) in [7, 11) is 1.45. The van der Waals surface area contributed by atoms with E-state index in [1.807, 2.05) is 0 Å². The van der Waals surface area contributed by atoms with Gasteiger partial charge in [0.05, 0.1) is 6.61 Å². The van der Waals surface area contributed by atoms with Crippen molar-refractivity contribution in [1.82, 2.24) is 0 Å². The molecule has 0 aliphatic carbocycles. The largest absolute Gasteiger partial charge is 0.380 e. The molecular weight excluding hydrogens is 200 g/mol. The van der Waals surface area contributed by atoms with Crippen LogP contribution in [0.3, 0.4) is 0 Å². The highest BCUT2D eigenvalue weighted by Crippen LogP contribution is 2.26. The summed E-state index contributed by atoms with van der Waals surface area (Å²) < 4.78 is 32.0. The number of nitrogens with two attached hydrogens (primary N) is 1. The lowest BCUT2D eigenvalue weighted by Gasteiger charge is -2.21. The topological polar surface area (TPSA) is 35.2 Å². The van der Waals surface area contributed by atoms with Crippen LogP contribution in [0, 0.1) is 11.6 Å². The molecule has 0 heterocycles. The standard InChI is InChI=1S/C11H15F2NO/c1-11(2,14)9-8(12)5-4-7(6-15-3)10(9)13/h4-5H,6,14H2,1-3H3. The van der Waals surface area contributed by atoms with Gasteiger partial charge in [-0.15, -0.1) is 0 Å². The summed E-state index contributed by atoms with van der Waals surface area (Å²) in [6.45, 7) is 3.23. The first-order chi connectivity index (χ1) is 6.88. The molecule has 0 aliphatic rings. The average Bonchev–Trinajstić information content (AvgIpc) is 2.08. The normalized spacial score (nSPS) is 11.9. The highest BCUT2D eigenvalue weighted by Gasteiger charge is 2.25. The monoisotopic (exact) mass is 215 g/mol. The molecule has 2 N–H and O–H groups in total. The van der Waals surface area contributed by atoms with Crippen LogP contribution in [-0.2, 0) is 16.9 Å². The summed E-state index contributed by atoms with van der Waals surface area (Å²) >= 11 is 0. The van der Waals surface area contributed by atoms with Crippen molar-refractivity contribution < 1.29 is 13.5 Å². The van der Waals surface area contributed by atoms with Gasteiger partial charge >= 0.3 is 0 Å². The van der Waals surface area contributed by atoms with E-state index in [4.69, 9.17) is 10.5 Å². The van der Waals surface area contributed by atoms with Gasteiger partial charge in [-0.3, -0.25) is 0 Å². The number of halogens is 2. The lowest BCUT2D eigenvalue weighted by atomic mass is 9.92. The zero-order valence-electron chi connectivity index (χ0n) is 9.10. The molecule has 0 bridgehead atoms. The van der Waals surface area contributed by atoms with E-state index < -0.39 is 17.2 Å². The van der Waals surface area contributed by atoms with E-state index in [9.17, 15) is 8.78 Å². The third kappa shape index (κ3) is 2.52. The Morgan fingerprint density at radius 2 is 1.93 bits per heavy atom. The maximum atomic E-state index is 13.8. The summed E-state index contributed by atoms with van der Waals surface area (Å²) in [4.78, 5) is 0. The molecule has 1 aromatic rings. The van der Waals surface area contributed by atoms with Gasteiger partial charge in [0.1, 0.15) is 11.6 Å². The van der Waals surface area contributed by atoms with E-state index in [2.05, 4.69) is 0 Å². The van der Waals surface area contributed by atoms with Gasteiger partial charge in [-0.1, -0.05) is 6.07 Å². The molecule has 0 radical (unpaired) electrons. The Bertz CT molecular complexity index is 358. The second-order valence-corrected chi connectivity index (χ2v) is 4.05. The lowest BCUT2D eigenvalue weighted by Crippen LogP contribution is -2.31. The fourth-order valence-electron chi connectivity index (χ4n) is 1.45. The molecular formula is C11H15F2NO. The molecule has 1 aromatic carbocycles. The van der Waals surface area contributed by atoms with Gasteiger partial charge in [0, 0.05) is 23.8 Å². The quantitative estimate of drug-likeness (QED) is 0.839. The van der Waals surface area contributed by atoms with Crippen molar-refractivity contribution in [2.24, 2.45) is 5.73 Å². The Balaban J connectivity index is 3.30. The molecule has 0 saturated heterocycles. The van der Waals surface area contributed by atoms with Gasteiger partial charge in [-0.2, -0.15) is 0 Å². The minimum atomic E-state index is -1.04. The third-order valence-corrected chi connectivity index (χ3v) is 2.12. The molecule has 4 heteroatoms. The molecule has 15 heavy (non-hydrogen) atoms. The van der Waals surface area contributed by atoms with Gasteiger partial charge in [0.15, 0.2) is 0 Å². The van der Waals surface area contributed by atoms with Gasteiger partial charge in [-0.05, 0) is 19.9 Å². The molecule has 0 aliphatic heterocycles. The zero-order valence-corrected chi connectivity index (χ0v) is 9.10. The summed E-state index contributed by atoms with van der Waals surface area (Å²) in [5.74, 6) is -1.25. The highest BCUT2D eigenvalue weighted by atomic mass is 19.1. The Hall–Kier alpha value is -1.00. The zero-order chi connectivity index (χ0) is 11.6. The fraction of sp³-hybridized carbons (Fsp3) is 0.455. The number of benzene rings is 1. The van der Waals surface area contributed by atoms with Crippen molar-refractivity contribution >= 4 is 0 Å². The fourth-order valence-corrected chi connectivity index (χ4v) is 1.45. The lowest BCUT2D eigenvalue weighted by molar-refractivity contribution is 0.180. The minimum Gasteiger partial charge on any atom is -0.380 e. The summed E-state index contributed by atoms with van der Waals surface area (Å²) in [5.41, 5.74) is 4.87. The summed E-state index contributed by atoms with van der Waals surface area (Å²) in [6.07, 6.45) is 0. The van der Waals surface area contributed by atoms with E-state index in [1.54, 1.807) is 13.8 Å². The van der Waals surface area contributed by atoms with Crippen molar-refractivity contribution in [1.29, 1.82) is 0 Å². The van der Waals surface area contributed by atoms with Crippen LogP contribution >= 0.6 is 0 Å². The molecule has 0 spiro atoms. The van der Waals surface area contributed by atoms with Crippen LogP contribution < -0.4 is 5.73 Å². The number of methoxy groups -OCH3 is 1. The number of hydrogen-bond acceptors (Lipinski definition) is 2. The second-order valence-electron chi connectivity index (χ2n) is 4.05. The van der Waals surface area contributed by atoms with Crippen LogP contribution in [-0.4, -0.2) is 7.11 Å². The van der Waals surface area contributed by atoms with Gasteiger partial charge < -0.3 is 10.5 Å². The smallest absolute Gasteiger partial charge is 0.136 e. The van der Waals surface area contributed by atoms with E-state index in [-0.39, 0.29) is 12.2 Å². The highest BCUT2D eigenvalue weighted by molar-refractivity contribution is 5.31. The molecule has 0 saturated carbocycles. The second kappa shape index (κ2) is 4.24. The first-order valence-corrected chi connectivity index (χ1v) is 4.63. The Morgan fingerprint density at radius 3 is 2.40 bits per heavy atom. The first kappa shape index (κ1) is 12.1. The van der Waals surface area contributed by atoms with Crippen LogP contribution in [0.15, 0.2) is 12.1 Å². The molecule has 0 atom stereocenters. The van der Waals surface area contributed by atoms with Crippen molar-refractivity contribution in [2.45, 2.75) is 26.0 Å². The van der Waals surface area contributed by atoms with Crippen molar-refractivity contribution in [3.05, 3.63) is 34.9 Å². The van der Waals surface area contributed by atoms with E-state index >= 15 is 0 Å². The van der Waals surface area contributed by atoms with Gasteiger partial charge in [0.2, 0.25) is 0 Å². The van der Waals surface area contributed by atoms with Crippen molar-refractivity contribution in [2.75, 3.05) is 7.11 Å². The molecule has 0 aromatic heterocycles. The van der Waals surface area contributed by atoms with Crippen molar-refractivity contribution in [3.63, 3.8) is 0 Å². The Labute approximate surface area is 88.0 Å². The number of ether oxygens (including phenoxy) is 1.